The number of hydrogen-bond acceptors (Lipinski definition) is 6. The topological polar surface area (TPSA) is 124 Å². The Hall–Kier alpha value is -1.22. The van der Waals surface area contributed by atoms with Crippen LogP contribution in [0, 0.1) is 11.8 Å². The van der Waals surface area contributed by atoms with E-state index in [4.69, 9.17) is 0 Å². The van der Waals surface area contributed by atoms with Crippen LogP contribution in [0.2, 0.25) is 0 Å². The van der Waals surface area contributed by atoms with Crippen LogP contribution in [-0.2, 0) is 14.8 Å². The van der Waals surface area contributed by atoms with Gasteiger partial charge in [-0.25, -0.2) is 8.42 Å². The molecule has 1 aliphatic rings. The first kappa shape index (κ1) is 25.8. The SMILES string of the molecule is CCCCC[C@H](O)/C=C/[C@@H]1[C@@H](C/C=C\CCCS(=O)(=O)NC(C)=O)[C@@H](O)C[C@H]1O. The van der Waals surface area contributed by atoms with E-state index in [1.807, 2.05) is 23.0 Å². The van der Waals surface area contributed by atoms with E-state index in [9.17, 15) is 28.5 Å². The number of hydrogen-bond donors (Lipinski definition) is 4. The average molecular weight is 432 g/mol. The van der Waals surface area contributed by atoms with E-state index >= 15 is 0 Å². The van der Waals surface area contributed by atoms with E-state index < -0.39 is 34.2 Å². The van der Waals surface area contributed by atoms with Crippen molar-refractivity contribution < 1.29 is 28.5 Å². The number of carbonyl (C=O) groups excluding carboxylic acids is 1. The van der Waals surface area contributed by atoms with Crippen LogP contribution in [0.25, 0.3) is 0 Å². The van der Waals surface area contributed by atoms with E-state index in [0.29, 0.717) is 32.1 Å². The summed E-state index contributed by atoms with van der Waals surface area (Å²) in [7, 11) is -3.57. The van der Waals surface area contributed by atoms with Crippen LogP contribution in [0.15, 0.2) is 24.3 Å². The first-order valence-electron chi connectivity index (χ1n) is 10.5. The lowest BCUT2D eigenvalue weighted by atomic mass is 9.89. The van der Waals surface area contributed by atoms with Crippen LogP contribution >= 0.6 is 0 Å². The van der Waals surface area contributed by atoms with E-state index in [1.54, 1.807) is 6.08 Å². The summed E-state index contributed by atoms with van der Waals surface area (Å²) >= 11 is 0. The van der Waals surface area contributed by atoms with Gasteiger partial charge in [0, 0.05) is 19.3 Å². The Morgan fingerprint density at radius 3 is 2.55 bits per heavy atom. The molecule has 1 rings (SSSR count). The molecule has 1 saturated carbocycles. The number of aliphatic hydroxyl groups excluding tert-OH is 3. The first-order valence-corrected chi connectivity index (χ1v) is 12.2. The minimum Gasteiger partial charge on any atom is -0.393 e. The molecule has 1 fully saturated rings. The summed E-state index contributed by atoms with van der Waals surface area (Å²) in [6.45, 7) is 3.27. The first-order chi connectivity index (χ1) is 13.7. The number of rotatable bonds is 13. The lowest BCUT2D eigenvalue weighted by molar-refractivity contribution is -0.117. The molecule has 0 aromatic rings. The second-order valence-electron chi connectivity index (χ2n) is 7.89. The molecule has 1 aliphatic carbocycles. The van der Waals surface area contributed by atoms with E-state index in [-0.39, 0.29) is 17.6 Å². The Bertz CT molecular complexity index is 646. The van der Waals surface area contributed by atoms with Gasteiger partial charge in [0.1, 0.15) is 0 Å². The Morgan fingerprint density at radius 2 is 1.90 bits per heavy atom. The average Bonchev–Trinajstić information content (AvgIpc) is 2.88. The van der Waals surface area contributed by atoms with Crippen LogP contribution in [0.1, 0.15) is 65.2 Å². The summed E-state index contributed by atoms with van der Waals surface area (Å²) in [6.07, 6.45) is 11.2. The van der Waals surface area contributed by atoms with Crippen LogP contribution in [0.5, 0.6) is 0 Å². The zero-order valence-corrected chi connectivity index (χ0v) is 18.4. The van der Waals surface area contributed by atoms with Gasteiger partial charge in [-0.15, -0.1) is 0 Å². The van der Waals surface area contributed by atoms with Gasteiger partial charge in [0.2, 0.25) is 15.9 Å². The van der Waals surface area contributed by atoms with Gasteiger partial charge in [0.05, 0.1) is 24.1 Å². The summed E-state index contributed by atoms with van der Waals surface area (Å²) < 4.78 is 25.1. The molecule has 29 heavy (non-hydrogen) atoms. The molecule has 0 radical (unpaired) electrons. The molecule has 0 aromatic heterocycles. The predicted octanol–water partition coefficient (Wildman–Crippen LogP) is 2.03. The smallest absolute Gasteiger partial charge is 0.234 e. The number of carbonyl (C=O) groups is 1. The minimum absolute atomic E-state index is 0.122. The molecule has 7 nitrogen and oxygen atoms in total. The molecule has 0 bridgehead atoms. The molecule has 4 N–H and O–H groups in total. The maximum Gasteiger partial charge on any atom is 0.234 e. The van der Waals surface area contributed by atoms with Crippen LogP contribution in [0.4, 0.5) is 0 Å². The maximum atomic E-state index is 11.6. The molecular weight excluding hydrogens is 394 g/mol. The number of nitrogens with one attached hydrogen (secondary N) is 1. The zero-order valence-electron chi connectivity index (χ0n) is 17.5. The molecule has 0 heterocycles. The normalized spacial score (nSPS) is 26.4. The molecule has 0 saturated heterocycles. The van der Waals surface area contributed by atoms with Crippen molar-refractivity contribution >= 4 is 15.9 Å². The monoisotopic (exact) mass is 431 g/mol. The molecule has 0 aliphatic heterocycles. The number of aliphatic hydroxyl groups is 3. The highest BCUT2D eigenvalue weighted by molar-refractivity contribution is 7.90. The third-order valence-electron chi connectivity index (χ3n) is 5.23. The van der Waals surface area contributed by atoms with Gasteiger partial charge in [-0.2, -0.15) is 0 Å². The van der Waals surface area contributed by atoms with Crippen molar-refractivity contribution in [2.45, 2.75) is 83.5 Å². The number of unbranched alkanes of at least 4 members (excludes halogenated alkanes) is 3. The fourth-order valence-electron chi connectivity index (χ4n) is 3.70. The Balaban J connectivity index is 2.47. The molecule has 0 unspecified atom stereocenters. The van der Waals surface area contributed by atoms with Gasteiger partial charge in [0.25, 0.3) is 0 Å². The molecule has 0 spiro atoms. The quantitative estimate of drug-likeness (QED) is 0.261. The molecule has 168 valence electrons. The highest BCUT2D eigenvalue weighted by Gasteiger charge is 2.39. The fourth-order valence-corrected chi connectivity index (χ4v) is 4.78. The van der Waals surface area contributed by atoms with E-state index in [2.05, 4.69) is 6.92 Å². The maximum absolute atomic E-state index is 11.6. The Kier molecular flexibility index (Phi) is 11.7. The summed E-state index contributed by atoms with van der Waals surface area (Å²) in [5.41, 5.74) is 0. The number of sulfonamides is 1. The van der Waals surface area contributed by atoms with Crippen molar-refractivity contribution in [3.8, 4) is 0 Å². The van der Waals surface area contributed by atoms with Crippen LogP contribution in [-0.4, -0.2) is 53.7 Å². The minimum atomic E-state index is -3.57. The lowest BCUT2D eigenvalue weighted by Gasteiger charge is -2.19. The Morgan fingerprint density at radius 1 is 1.17 bits per heavy atom. The van der Waals surface area contributed by atoms with Gasteiger partial charge in [-0.3, -0.25) is 9.52 Å². The second kappa shape index (κ2) is 13.2. The summed E-state index contributed by atoms with van der Waals surface area (Å²) in [5, 5.41) is 30.5. The Labute approximate surface area is 175 Å². The van der Waals surface area contributed by atoms with Crippen molar-refractivity contribution in [1.82, 2.24) is 4.72 Å². The van der Waals surface area contributed by atoms with E-state index in [0.717, 1.165) is 26.2 Å². The summed E-state index contributed by atoms with van der Waals surface area (Å²) in [6, 6.07) is 0. The third-order valence-corrected chi connectivity index (χ3v) is 6.66. The highest BCUT2D eigenvalue weighted by Crippen LogP contribution is 2.36. The van der Waals surface area contributed by atoms with Crippen molar-refractivity contribution in [1.29, 1.82) is 0 Å². The molecule has 5 atom stereocenters. The van der Waals surface area contributed by atoms with Crippen LogP contribution in [0.3, 0.4) is 0 Å². The van der Waals surface area contributed by atoms with Gasteiger partial charge in [0.15, 0.2) is 0 Å². The summed E-state index contributed by atoms with van der Waals surface area (Å²) in [5.74, 6) is -1.06. The van der Waals surface area contributed by atoms with Crippen molar-refractivity contribution in [3.05, 3.63) is 24.3 Å². The molecule has 1 amide bonds. The van der Waals surface area contributed by atoms with Gasteiger partial charge in [-0.05, 0) is 31.6 Å². The summed E-state index contributed by atoms with van der Waals surface area (Å²) in [4.78, 5) is 10.8. The number of amides is 1. The number of allylic oxidation sites excluding steroid dienone is 2. The third kappa shape index (κ3) is 10.4. The predicted molar refractivity (Wildman–Crippen MR) is 113 cm³/mol. The van der Waals surface area contributed by atoms with Crippen LogP contribution < -0.4 is 4.72 Å². The zero-order chi connectivity index (χ0) is 21.9. The van der Waals surface area contributed by atoms with E-state index in [1.165, 1.54) is 0 Å². The van der Waals surface area contributed by atoms with Gasteiger partial charge in [-0.1, -0.05) is 50.5 Å². The van der Waals surface area contributed by atoms with Gasteiger partial charge >= 0.3 is 0 Å². The fraction of sp³-hybridized carbons (Fsp3) is 0.762. The molecular formula is C21H37NO6S. The van der Waals surface area contributed by atoms with Crippen molar-refractivity contribution in [2.75, 3.05) is 5.75 Å². The lowest BCUT2D eigenvalue weighted by Crippen LogP contribution is -2.30. The van der Waals surface area contributed by atoms with Crippen molar-refractivity contribution in [2.24, 2.45) is 11.8 Å². The van der Waals surface area contributed by atoms with Crippen molar-refractivity contribution in [3.63, 3.8) is 0 Å². The largest absolute Gasteiger partial charge is 0.393 e. The standard InChI is InChI=1S/C21H37NO6S/c1-3-4-7-10-17(24)12-13-19-18(20(25)15-21(19)26)11-8-5-6-9-14-29(27,28)22-16(2)23/h5,8,12-13,17-21,24-26H,3-4,6-7,9-11,14-15H2,1-2H3,(H,22,23)/b8-5-,13-12+/t17-,18+,19+,20-,21+/m0/s1. The van der Waals surface area contributed by atoms with Gasteiger partial charge < -0.3 is 15.3 Å². The second-order valence-corrected chi connectivity index (χ2v) is 9.73. The molecule has 8 heteroatoms. The highest BCUT2D eigenvalue weighted by atomic mass is 32.2. The molecule has 0 aromatic carbocycles.